The normalized spacial score (nSPS) is 21.5. The first-order valence-electron chi connectivity index (χ1n) is 6.75. The Balaban J connectivity index is 1.74. The molecule has 0 aliphatic carbocycles. The van der Waals surface area contributed by atoms with Crippen LogP contribution in [0.3, 0.4) is 0 Å². The molecule has 0 N–H and O–H groups in total. The van der Waals surface area contributed by atoms with Gasteiger partial charge in [0.1, 0.15) is 11.5 Å². The zero-order chi connectivity index (χ0) is 13.9. The summed E-state index contributed by atoms with van der Waals surface area (Å²) in [4.78, 5) is 16.5. The summed E-state index contributed by atoms with van der Waals surface area (Å²) < 4.78 is 10.8. The maximum atomic E-state index is 11.3. The molecule has 0 aromatic heterocycles. The van der Waals surface area contributed by atoms with Crippen molar-refractivity contribution in [2.24, 2.45) is 0 Å². The second-order valence-electron chi connectivity index (χ2n) is 4.95. The van der Waals surface area contributed by atoms with Gasteiger partial charge >= 0.3 is 5.97 Å². The van der Waals surface area contributed by atoms with E-state index in [4.69, 9.17) is 14.3 Å². The van der Waals surface area contributed by atoms with Gasteiger partial charge in [-0.3, -0.25) is 0 Å². The van der Waals surface area contributed by atoms with E-state index in [1.54, 1.807) is 5.06 Å². The lowest BCUT2D eigenvalue weighted by Crippen LogP contribution is -2.36. The molecule has 1 unspecified atom stereocenters. The van der Waals surface area contributed by atoms with E-state index in [1.807, 2.05) is 18.2 Å². The van der Waals surface area contributed by atoms with Crippen LogP contribution in [-0.2, 0) is 9.63 Å². The number of hydroxylamine groups is 2. The summed E-state index contributed by atoms with van der Waals surface area (Å²) in [6.07, 6.45) is 3.22. The van der Waals surface area contributed by atoms with Gasteiger partial charge in [0.25, 0.3) is 0 Å². The fourth-order valence-corrected chi connectivity index (χ4v) is 2.67. The topological polar surface area (TPSA) is 48.0 Å². The minimum atomic E-state index is -0.410. The highest BCUT2D eigenvalue weighted by Gasteiger charge is 2.26. The van der Waals surface area contributed by atoms with Crippen LogP contribution >= 0.6 is 0 Å². The average Bonchev–Trinajstić information content (AvgIpc) is 2.48. The number of ether oxygens (including phenoxy) is 2. The van der Waals surface area contributed by atoms with Crippen LogP contribution in [0, 0.1) is 0 Å². The largest absolute Gasteiger partial charge is 0.457 e. The van der Waals surface area contributed by atoms with Crippen LogP contribution in [0.2, 0.25) is 0 Å². The van der Waals surface area contributed by atoms with E-state index >= 15 is 0 Å². The number of hydrogen-bond donors (Lipinski definition) is 0. The smallest absolute Gasteiger partial charge is 0.349 e. The lowest BCUT2D eigenvalue weighted by Gasteiger charge is -2.32. The average molecular weight is 275 g/mol. The van der Waals surface area contributed by atoms with Crippen LogP contribution in [0.1, 0.15) is 24.3 Å². The molecule has 1 aromatic carbocycles. The first-order chi connectivity index (χ1) is 9.76. The van der Waals surface area contributed by atoms with Crippen LogP contribution < -0.4 is 9.47 Å². The lowest BCUT2D eigenvalue weighted by atomic mass is 9.90. The van der Waals surface area contributed by atoms with Crippen molar-refractivity contribution in [3.05, 3.63) is 36.4 Å². The van der Waals surface area contributed by atoms with Crippen molar-refractivity contribution in [1.29, 1.82) is 0 Å². The fraction of sp³-hybridized carbons (Fsp3) is 0.400. The molecule has 2 heterocycles. The van der Waals surface area contributed by atoms with Crippen molar-refractivity contribution in [2.75, 3.05) is 19.9 Å². The standard InChI is InChI=1S/C15H17NO4/c1-2-15(17)20-16-7-3-4-11(9-16)13-6-5-12-8-14(13)19-10-18-12/h2,5-6,8,11H,1,3-4,7,9-10H2. The molecule has 5 heteroatoms. The summed E-state index contributed by atoms with van der Waals surface area (Å²) >= 11 is 0. The molecule has 1 fully saturated rings. The number of nitrogens with zero attached hydrogens (tertiary/aromatic N) is 1. The molecule has 2 aliphatic heterocycles. The Hall–Kier alpha value is -2.01. The van der Waals surface area contributed by atoms with Crippen molar-refractivity contribution < 1.29 is 19.1 Å². The Morgan fingerprint density at radius 2 is 2.35 bits per heavy atom. The summed E-state index contributed by atoms with van der Waals surface area (Å²) in [6, 6.07) is 5.90. The summed E-state index contributed by atoms with van der Waals surface area (Å²) in [5.74, 6) is 1.59. The molecule has 2 bridgehead atoms. The van der Waals surface area contributed by atoms with Crippen LogP contribution in [-0.4, -0.2) is 30.9 Å². The summed E-state index contributed by atoms with van der Waals surface area (Å²) in [5, 5.41) is 1.71. The second-order valence-corrected chi connectivity index (χ2v) is 4.95. The molecule has 106 valence electrons. The van der Waals surface area contributed by atoms with Gasteiger partial charge in [-0.05, 0) is 24.5 Å². The summed E-state index contributed by atoms with van der Waals surface area (Å²) in [5.41, 5.74) is 1.15. The van der Waals surface area contributed by atoms with Gasteiger partial charge in [-0.15, -0.1) is 5.06 Å². The Bertz CT molecular complexity index is 529. The van der Waals surface area contributed by atoms with E-state index in [9.17, 15) is 4.79 Å². The molecule has 0 amide bonds. The number of carbonyl (C=O) groups is 1. The van der Waals surface area contributed by atoms with Gasteiger partial charge in [0.15, 0.2) is 0 Å². The number of hydrogen-bond acceptors (Lipinski definition) is 5. The van der Waals surface area contributed by atoms with E-state index in [1.165, 1.54) is 6.08 Å². The van der Waals surface area contributed by atoms with E-state index in [0.717, 1.165) is 36.4 Å². The molecule has 0 saturated carbocycles. The molecule has 2 aliphatic rings. The summed E-state index contributed by atoms with van der Waals surface area (Å²) in [6.45, 7) is 5.11. The van der Waals surface area contributed by atoms with E-state index in [0.29, 0.717) is 12.5 Å². The number of benzene rings is 1. The Morgan fingerprint density at radius 3 is 3.20 bits per heavy atom. The number of carbonyl (C=O) groups excluding carboxylic acids is 1. The Labute approximate surface area is 117 Å². The molecule has 3 rings (SSSR count). The van der Waals surface area contributed by atoms with Crippen LogP contribution in [0.4, 0.5) is 0 Å². The predicted molar refractivity (Wildman–Crippen MR) is 72.4 cm³/mol. The van der Waals surface area contributed by atoms with Gasteiger partial charge in [-0.2, -0.15) is 0 Å². The van der Waals surface area contributed by atoms with E-state index in [2.05, 4.69) is 6.58 Å². The van der Waals surface area contributed by atoms with Crippen molar-refractivity contribution >= 4 is 5.97 Å². The third kappa shape index (κ3) is 2.63. The quantitative estimate of drug-likeness (QED) is 0.792. The Kier molecular flexibility index (Phi) is 3.60. The zero-order valence-electron chi connectivity index (χ0n) is 11.2. The van der Waals surface area contributed by atoms with Crippen molar-refractivity contribution in [3.8, 4) is 11.5 Å². The molecule has 20 heavy (non-hydrogen) atoms. The highest BCUT2D eigenvalue weighted by atomic mass is 16.7. The van der Waals surface area contributed by atoms with Crippen LogP contribution in [0.15, 0.2) is 30.9 Å². The van der Waals surface area contributed by atoms with E-state index < -0.39 is 5.97 Å². The monoisotopic (exact) mass is 275 g/mol. The SMILES string of the molecule is C=CC(=O)ON1CCCC(c2ccc3cc2OCO3)C1. The molecule has 0 spiro atoms. The molecular weight excluding hydrogens is 258 g/mol. The van der Waals surface area contributed by atoms with Gasteiger partial charge in [0.05, 0.1) is 0 Å². The second kappa shape index (κ2) is 5.54. The Morgan fingerprint density at radius 1 is 1.45 bits per heavy atom. The molecule has 1 saturated heterocycles. The summed E-state index contributed by atoms with van der Waals surface area (Å²) in [7, 11) is 0. The molecule has 5 nitrogen and oxygen atoms in total. The third-order valence-corrected chi connectivity index (χ3v) is 3.63. The highest BCUT2D eigenvalue weighted by Crippen LogP contribution is 2.37. The minimum absolute atomic E-state index is 0.261. The van der Waals surface area contributed by atoms with Crippen LogP contribution in [0.5, 0.6) is 11.5 Å². The molecule has 1 atom stereocenters. The molecular formula is C15H17NO4. The fourth-order valence-electron chi connectivity index (χ4n) is 2.67. The number of piperidine rings is 1. The minimum Gasteiger partial charge on any atom is -0.457 e. The van der Waals surface area contributed by atoms with Gasteiger partial charge in [-0.1, -0.05) is 12.6 Å². The van der Waals surface area contributed by atoms with Gasteiger partial charge in [0, 0.05) is 31.1 Å². The molecule has 0 radical (unpaired) electrons. The number of fused-ring (bicyclic) bond motifs is 2. The van der Waals surface area contributed by atoms with Gasteiger partial charge in [-0.25, -0.2) is 4.79 Å². The van der Waals surface area contributed by atoms with E-state index in [-0.39, 0.29) is 6.79 Å². The zero-order valence-corrected chi connectivity index (χ0v) is 11.2. The molecule has 1 aromatic rings. The lowest BCUT2D eigenvalue weighted by molar-refractivity contribution is -0.189. The maximum absolute atomic E-state index is 11.3. The maximum Gasteiger partial charge on any atom is 0.349 e. The van der Waals surface area contributed by atoms with Gasteiger partial charge in [0.2, 0.25) is 6.79 Å². The van der Waals surface area contributed by atoms with Crippen LogP contribution in [0.25, 0.3) is 0 Å². The predicted octanol–water partition coefficient (Wildman–Crippen LogP) is 2.24. The highest BCUT2D eigenvalue weighted by molar-refractivity contribution is 5.80. The number of rotatable bonds is 3. The van der Waals surface area contributed by atoms with Crippen molar-refractivity contribution in [3.63, 3.8) is 0 Å². The van der Waals surface area contributed by atoms with Gasteiger partial charge < -0.3 is 14.3 Å². The van der Waals surface area contributed by atoms with Crippen molar-refractivity contribution in [1.82, 2.24) is 5.06 Å². The first kappa shape index (κ1) is 13.0. The van der Waals surface area contributed by atoms with Crippen molar-refractivity contribution in [2.45, 2.75) is 18.8 Å². The third-order valence-electron chi connectivity index (χ3n) is 3.63. The first-order valence-corrected chi connectivity index (χ1v) is 6.75.